The molecular formula is C24H23N2O+. The third kappa shape index (κ3) is 2.11. The van der Waals surface area contributed by atoms with Crippen LogP contribution >= 0.6 is 0 Å². The highest BCUT2D eigenvalue weighted by Gasteiger charge is 2.33. The molecule has 0 saturated heterocycles. The Morgan fingerprint density at radius 2 is 1.70 bits per heavy atom. The molecule has 0 spiro atoms. The van der Waals surface area contributed by atoms with Crippen molar-refractivity contribution in [1.82, 2.24) is 0 Å². The van der Waals surface area contributed by atoms with Gasteiger partial charge in [-0.2, -0.15) is 0 Å². The number of hydrogen-bond donors (Lipinski definition) is 0. The van der Waals surface area contributed by atoms with Crippen LogP contribution in [0.25, 0.3) is 32.8 Å². The average molecular weight is 355 g/mol. The van der Waals surface area contributed by atoms with Gasteiger partial charge in [0.25, 0.3) is 0 Å². The number of aryl methyl sites for hydroxylation is 3. The molecule has 0 aliphatic carbocycles. The summed E-state index contributed by atoms with van der Waals surface area (Å²) in [6.07, 6.45) is 2.15. The van der Waals surface area contributed by atoms with E-state index in [1.54, 1.807) is 0 Å². The second kappa shape index (κ2) is 5.46. The summed E-state index contributed by atoms with van der Waals surface area (Å²) in [5.74, 6) is 1.90. The summed E-state index contributed by atoms with van der Waals surface area (Å²) in [6, 6.07) is 15.2. The fourth-order valence-electron chi connectivity index (χ4n) is 4.49. The van der Waals surface area contributed by atoms with Crippen molar-refractivity contribution in [3.8, 4) is 22.8 Å². The zero-order valence-corrected chi connectivity index (χ0v) is 16.4. The normalized spacial score (nSPS) is 12.2. The highest BCUT2D eigenvalue weighted by atomic mass is 16.5. The van der Waals surface area contributed by atoms with Gasteiger partial charge in [-0.15, -0.1) is 0 Å². The second-order valence-corrected chi connectivity index (χ2v) is 7.72. The van der Waals surface area contributed by atoms with Crippen LogP contribution in [0.1, 0.15) is 11.1 Å². The molecule has 0 bridgehead atoms. The number of aromatic nitrogens is 1. The van der Waals surface area contributed by atoms with Crippen molar-refractivity contribution in [2.75, 3.05) is 19.0 Å². The fraction of sp³-hybridized carbons (Fsp3) is 0.208. The summed E-state index contributed by atoms with van der Waals surface area (Å²) in [7, 11) is 6.30. The van der Waals surface area contributed by atoms with E-state index in [0.29, 0.717) is 0 Å². The zero-order valence-electron chi connectivity index (χ0n) is 16.4. The Morgan fingerprint density at radius 3 is 2.44 bits per heavy atom. The molecule has 0 N–H and O–H groups in total. The van der Waals surface area contributed by atoms with Crippen molar-refractivity contribution in [2.24, 2.45) is 7.05 Å². The third-order valence-electron chi connectivity index (χ3n) is 5.64. The van der Waals surface area contributed by atoms with E-state index in [1.165, 1.54) is 43.9 Å². The van der Waals surface area contributed by atoms with Gasteiger partial charge >= 0.3 is 0 Å². The molecule has 2 heterocycles. The van der Waals surface area contributed by atoms with Crippen LogP contribution in [0.15, 0.2) is 48.7 Å². The lowest BCUT2D eigenvalue weighted by atomic mass is 9.90. The molecule has 0 radical (unpaired) electrons. The largest absolute Gasteiger partial charge is 0.453 e. The van der Waals surface area contributed by atoms with Gasteiger partial charge in [0.2, 0.25) is 5.69 Å². The lowest BCUT2D eigenvalue weighted by molar-refractivity contribution is -0.659. The molecule has 0 fully saturated rings. The van der Waals surface area contributed by atoms with E-state index in [0.717, 1.165) is 17.2 Å². The monoisotopic (exact) mass is 355 g/mol. The molecule has 27 heavy (non-hydrogen) atoms. The summed E-state index contributed by atoms with van der Waals surface area (Å²) in [4.78, 5) is 2.17. The molecule has 1 aliphatic heterocycles. The van der Waals surface area contributed by atoms with Crippen molar-refractivity contribution in [1.29, 1.82) is 0 Å². The predicted molar refractivity (Wildman–Crippen MR) is 112 cm³/mol. The lowest BCUT2D eigenvalue weighted by Crippen LogP contribution is -2.32. The topological polar surface area (TPSA) is 16.4 Å². The number of pyridine rings is 1. The summed E-state index contributed by atoms with van der Waals surface area (Å²) in [6.45, 7) is 4.34. The van der Waals surface area contributed by atoms with Crippen molar-refractivity contribution < 1.29 is 9.30 Å². The van der Waals surface area contributed by atoms with Crippen LogP contribution in [-0.4, -0.2) is 14.1 Å². The molecule has 1 aliphatic rings. The number of anilines is 1. The predicted octanol–water partition coefficient (Wildman–Crippen LogP) is 5.27. The molecule has 3 heteroatoms. The van der Waals surface area contributed by atoms with E-state index >= 15 is 0 Å². The standard InChI is InChI=1S/C24H23N2O/c1-14-12-16-10-11-26(5)23-20-15(2)17-8-6-7-9-18(17)22(25(3)4)24(20)27-19(13-14)21(16)23/h6-13H,1-5H3/q+1. The molecule has 134 valence electrons. The Bertz CT molecular complexity index is 1250. The molecular weight excluding hydrogens is 332 g/mol. The van der Waals surface area contributed by atoms with Gasteiger partial charge in [-0.1, -0.05) is 30.3 Å². The van der Waals surface area contributed by atoms with Crippen molar-refractivity contribution >= 4 is 27.2 Å². The second-order valence-electron chi connectivity index (χ2n) is 7.72. The van der Waals surface area contributed by atoms with Gasteiger partial charge in [-0.3, -0.25) is 0 Å². The van der Waals surface area contributed by atoms with Gasteiger partial charge in [0.05, 0.1) is 16.6 Å². The minimum absolute atomic E-state index is 0.946. The number of fused-ring (bicyclic) bond motifs is 3. The van der Waals surface area contributed by atoms with Gasteiger partial charge in [0.1, 0.15) is 12.8 Å². The Hall–Kier alpha value is -3.07. The first kappa shape index (κ1) is 16.1. The summed E-state index contributed by atoms with van der Waals surface area (Å²) < 4.78 is 8.84. The first-order chi connectivity index (χ1) is 13.0. The number of ether oxygens (including phenoxy) is 1. The number of rotatable bonds is 1. The maximum absolute atomic E-state index is 6.61. The average Bonchev–Trinajstić information content (AvgIpc) is 2.63. The number of nitrogens with zero attached hydrogens (tertiary/aromatic N) is 2. The van der Waals surface area contributed by atoms with Crippen LogP contribution < -0.4 is 14.2 Å². The van der Waals surface area contributed by atoms with Crippen LogP contribution in [0.4, 0.5) is 5.69 Å². The Morgan fingerprint density at radius 1 is 0.963 bits per heavy atom. The Labute approximate surface area is 159 Å². The van der Waals surface area contributed by atoms with E-state index in [-0.39, 0.29) is 0 Å². The maximum Gasteiger partial charge on any atom is 0.228 e. The van der Waals surface area contributed by atoms with E-state index in [2.05, 4.69) is 93.1 Å². The molecule has 5 rings (SSSR count). The summed E-state index contributed by atoms with van der Waals surface area (Å²) in [5.41, 5.74) is 6.04. The molecule has 1 aromatic heterocycles. The van der Waals surface area contributed by atoms with Gasteiger partial charge < -0.3 is 9.64 Å². The summed E-state index contributed by atoms with van der Waals surface area (Å²) in [5, 5.41) is 4.92. The van der Waals surface area contributed by atoms with Gasteiger partial charge in [-0.05, 0) is 41.8 Å². The third-order valence-corrected chi connectivity index (χ3v) is 5.64. The fourth-order valence-corrected chi connectivity index (χ4v) is 4.49. The SMILES string of the molecule is Cc1cc2c3c([n+](C)ccc3c1)-c1c(c(N(C)C)c3ccccc3c1C)O2. The minimum Gasteiger partial charge on any atom is -0.453 e. The first-order valence-electron chi connectivity index (χ1n) is 9.31. The van der Waals surface area contributed by atoms with E-state index < -0.39 is 0 Å². The molecule has 4 aromatic rings. The highest BCUT2D eigenvalue weighted by molar-refractivity contribution is 6.10. The van der Waals surface area contributed by atoms with Crippen LogP contribution in [0.5, 0.6) is 11.5 Å². The Balaban J connectivity index is 2.05. The van der Waals surface area contributed by atoms with Crippen LogP contribution in [-0.2, 0) is 7.05 Å². The first-order valence-corrected chi connectivity index (χ1v) is 9.31. The molecule has 3 nitrogen and oxygen atoms in total. The Kier molecular flexibility index (Phi) is 3.26. The van der Waals surface area contributed by atoms with Crippen molar-refractivity contribution in [3.63, 3.8) is 0 Å². The number of benzene rings is 3. The van der Waals surface area contributed by atoms with Gasteiger partial charge in [0.15, 0.2) is 11.9 Å². The smallest absolute Gasteiger partial charge is 0.228 e. The minimum atomic E-state index is 0.946. The maximum atomic E-state index is 6.61. The van der Waals surface area contributed by atoms with Gasteiger partial charge in [0, 0.05) is 25.5 Å². The lowest BCUT2D eigenvalue weighted by Gasteiger charge is -2.27. The molecule has 0 amide bonds. The molecule has 0 unspecified atom stereocenters. The molecule has 3 aromatic carbocycles. The van der Waals surface area contributed by atoms with Crippen molar-refractivity contribution in [3.05, 3.63) is 59.8 Å². The quantitative estimate of drug-likeness (QED) is 0.381. The van der Waals surface area contributed by atoms with E-state index in [1.807, 2.05) is 0 Å². The number of hydrogen-bond acceptors (Lipinski definition) is 2. The molecule has 0 saturated carbocycles. The van der Waals surface area contributed by atoms with Crippen LogP contribution in [0.2, 0.25) is 0 Å². The summed E-state index contributed by atoms with van der Waals surface area (Å²) >= 11 is 0. The molecule has 0 atom stereocenters. The van der Waals surface area contributed by atoms with Gasteiger partial charge in [-0.25, -0.2) is 4.57 Å². The van der Waals surface area contributed by atoms with Crippen LogP contribution in [0, 0.1) is 13.8 Å². The van der Waals surface area contributed by atoms with Crippen LogP contribution in [0.3, 0.4) is 0 Å². The van der Waals surface area contributed by atoms with Crippen molar-refractivity contribution in [2.45, 2.75) is 13.8 Å². The highest BCUT2D eigenvalue weighted by Crippen LogP contribution is 2.53. The zero-order chi connectivity index (χ0) is 18.9. The van der Waals surface area contributed by atoms with E-state index in [4.69, 9.17) is 4.74 Å². The van der Waals surface area contributed by atoms with E-state index in [9.17, 15) is 0 Å².